The van der Waals surface area contributed by atoms with Gasteiger partial charge in [-0.2, -0.15) is 0 Å². The lowest BCUT2D eigenvalue weighted by atomic mass is 9.93. The highest BCUT2D eigenvalue weighted by molar-refractivity contribution is 6.37. The molecule has 1 aliphatic rings. The van der Waals surface area contributed by atoms with E-state index in [1.165, 1.54) is 0 Å². The summed E-state index contributed by atoms with van der Waals surface area (Å²) in [6.07, 6.45) is 0.901. The first kappa shape index (κ1) is 20.3. The zero-order chi connectivity index (χ0) is 19.3. The SMILES string of the molecule is CCC1(CC)NC(=O)N(CC(=O)OCCOc2c(Cl)cccc2Cl)C1=O. The highest BCUT2D eigenvalue weighted by Gasteiger charge is 2.49. The Balaban J connectivity index is 1.82. The molecule has 0 radical (unpaired) electrons. The van der Waals surface area contributed by atoms with Gasteiger partial charge in [-0.05, 0) is 25.0 Å². The zero-order valence-electron chi connectivity index (χ0n) is 14.5. The van der Waals surface area contributed by atoms with Crippen LogP contribution in [-0.4, -0.2) is 48.1 Å². The van der Waals surface area contributed by atoms with Crippen molar-refractivity contribution in [2.24, 2.45) is 0 Å². The number of nitrogens with one attached hydrogen (secondary N) is 1. The normalized spacial score (nSPS) is 15.8. The molecule has 0 unspecified atom stereocenters. The Morgan fingerprint density at radius 1 is 1.15 bits per heavy atom. The maximum atomic E-state index is 12.4. The van der Waals surface area contributed by atoms with Crippen molar-refractivity contribution in [3.05, 3.63) is 28.2 Å². The summed E-state index contributed by atoms with van der Waals surface area (Å²) in [5, 5.41) is 3.34. The van der Waals surface area contributed by atoms with Crippen molar-refractivity contribution >= 4 is 41.1 Å². The third-order valence-corrected chi connectivity index (χ3v) is 4.85. The summed E-state index contributed by atoms with van der Waals surface area (Å²) in [5.41, 5.74) is -0.943. The molecule has 1 fully saturated rings. The van der Waals surface area contributed by atoms with Gasteiger partial charge in [-0.3, -0.25) is 14.5 Å². The number of hydrogen-bond acceptors (Lipinski definition) is 5. The first-order valence-corrected chi connectivity index (χ1v) is 8.96. The summed E-state index contributed by atoms with van der Waals surface area (Å²) in [6, 6.07) is 4.34. The van der Waals surface area contributed by atoms with Crippen molar-refractivity contribution in [2.75, 3.05) is 19.8 Å². The first-order valence-electron chi connectivity index (χ1n) is 8.21. The van der Waals surface area contributed by atoms with Gasteiger partial charge in [0.25, 0.3) is 5.91 Å². The number of halogens is 2. The van der Waals surface area contributed by atoms with Crippen molar-refractivity contribution < 1.29 is 23.9 Å². The van der Waals surface area contributed by atoms with Crippen LogP contribution in [0.25, 0.3) is 0 Å². The van der Waals surface area contributed by atoms with Crippen LogP contribution in [0.1, 0.15) is 26.7 Å². The van der Waals surface area contributed by atoms with E-state index in [2.05, 4.69) is 5.32 Å². The van der Waals surface area contributed by atoms with E-state index in [-0.39, 0.29) is 13.2 Å². The van der Waals surface area contributed by atoms with Crippen LogP contribution in [0.15, 0.2) is 18.2 Å². The zero-order valence-corrected chi connectivity index (χ0v) is 16.0. The third-order valence-electron chi connectivity index (χ3n) is 4.25. The molecular weight excluding hydrogens is 383 g/mol. The minimum Gasteiger partial charge on any atom is -0.487 e. The van der Waals surface area contributed by atoms with Crippen LogP contribution in [0, 0.1) is 0 Å². The number of nitrogens with zero attached hydrogens (tertiary/aromatic N) is 1. The predicted molar refractivity (Wildman–Crippen MR) is 96.5 cm³/mol. The molecule has 1 aromatic rings. The predicted octanol–water partition coefficient (Wildman–Crippen LogP) is 3.03. The fourth-order valence-corrected chi connectivity index (χ4v) is 3.15. The summed E-state index contributed by atoms with van der Waals surface area (Å²) in [4.78, 5) is 37.2. The van der Waals surface area contributed by atoms with Crippen LogP contribution >= 0.6 is 23.2 Å². The van der Waals surface area contributed by atoms with Gasteiger partial charge in [0, 0.05) is 0 Å². The lowest BCUT2D eigenvalue weighted by molar-refractivity contribution is -0.148. The highest BCUT2D eigenvalue weighted by atomic mass is 35.5. The van der Waals surface area contributed by atoms with Crippen LogP contribution in [-0.2, 0) is 14.3 Å². The number of carbonyl (C=O) groups is 3. The molecule has 3 amide bonds. The van der Waals surface area contributed by atoms with E-state index in [0.717, 1.165) is 4.90 Å². The molecule has 0 aromatic heterocycles. The van der Waals surface area contributed by atoms with Gasteiger partial charge in [-0.15, -0.1) is 0 Å². The summed E-state index contributed by atoms with van der Waals surface area (Å²) in [7, 11) is 0. The van der Waals surface area contributed by atoms with Crippen molar-refractivity contribution in [1.29, 1.82) is 0 Å². The second-order valence-corrected chi connectivity index (χ2v) is 6.54. The van der Waals surface area contributed by atoms with E-state index in [0.29, 0.717) is 28.6 Å². The van der Waals surface area contributed by atoms with Crippen molar-refractivity contribution in [1.82, 2.24) is 10.2 Å². The Morgan fingerprint density at radius 2 is 1.77 bits per heavy atom. The van der Waals surface area contributed by atoms with Gasteiger partial charge in [0.15, 0.2) is 5.75 Å². The van der Waals surface area contributed by atoms with Gasteiger partial charge in [-0.25, -0.2) is 4.79 Å². The fourth-order valence-electron chi connectivity index (χ4n) is 2.64. The lowest BCUT2D eigenvalue weighted by Gasteiger charge is -2.22. The number of urea groups is 1. The molecule has 0 atom stereocenters. The van der Waals surface area contributed by atoms with Crippen molar-refractivity contribution in [3.63, 3.8) is 0 Å². The molecule has 1 aromatic carbocycles. The van der Waals surface area contributed by atoms with E-state index in [1.807, 2.05) is 0 Å². The number of amides is 3. The molecule has 1 N–H and O–H groups in total. The lowest BCUT2D eigenvalue weighted by Crippen LogP contribution is -2.46. The largest absolute Gasteiger partial charge is 0.487 e. The number of para-hydroxylation sites is 1. The molecular formula is C17H20Cl2N2O5. The Labute approximate surface area is 161 Å². The third kappa shape index (κ3) is 4.22. The van der Waals surface area contributed by atoms with E-state index >= 15 is 0 Å². The summed E-state index contributed by atoms with van der Waals surface area (Å²) in [5.74, 6) is -0.814. The fraction of sp³-hybridized carbons (Fsp3) is 0.471. The molecule has 26 heavy (non-hydrogen) atoms. The standard InChI is InChI=1S/C17H20Cl2N2O5/c1-3-17(4-2)15(23)21(16(24)20-17)10-13(22)25-8-9-26-14-11(18)6-5-7-12(14)19/h5-7H,3-4,8-10H2,1-2H3,(H,20,24). The topological polar surface area (TPSA) is 84.9 Å². The second-order valence-electron chi connectivity index (χ2n) is 5.73. The smallest absolute Gasteiger partial charge is 0.326 e. The molecule has 7 nitrogen and oxygen atoms in total. The van der Waals surface area contributed by atoms with Gasteiger partial charge in [0.05, 0.1) is 10.0 Å². The molecule has 1 saturated heterocycles. The van der Waals surface area contributed by atoms with Gasteiger partial charge in [-0.1, -0.05) is 43.1 Å². The van der Waals surface area contributed by atoms with E-state index in [9.17, 15) is 14.4 Å². The molecule has 9 heteroatoms. The Bertz CT molecular complexity index is 686. The number of hydrogen-bond donors (Lipinski definition) is 1. The Morgan fingerprint density at radius 3 is 2.31 bits per heavy atom. The molecule has 142 valence electrons. The van der Waals surface area contributed by atoms with Gasteiger partial charge in [0.1, 0.15) is 25.3 Å². The summed E-state index contributed by atoms with van der Waals surface area (Å²) >= 11 is 11.9. The highest BCUT2D eigenvalue weighted by Crippen LogP contribution is 2.32. The molecule has 0 saturated carbocycles. The average Bonchev–Trinajstić information content (AvgIpc) is 2.85. The van der Waals surface area contributed by atoms with Crippen LogP contribution in [0.2, 0.25) is 10.0 Å². The maximum Gasteiger partial charge on any atom is 0.326 e. The minimum atomic E-state index is -0.943. The molecule has 2 rings (SSSR count). The number of esters is 1. The number of imide groups is 1. The second kappa shape index (κ2) is 8.60. The summed E-state index contributed by atoms with van der Waals surface area (Å²) < 4.78 is 10.4. The first-order chi connectivity index (χ1) is 12.3. The molecule has 1 heterocycles. The quantitative estimate of drug-likeness (QED) is 0.410. The van der Waals surface area contributed by atoms with E-state index < -0.39 is 30.0 Å². The van der Waals surface area contributed by atoms with Gasteiger partial charge < -0.3 is 14.8 Å². The molecule has 0 aliphatic carbocycles. The number of ether oxygens (including phenoxy) is 2. The monoisotopic (exact) mass is 402 g/mol. The molecule has 0 spiro atoms. The number of carbonyl (C=O) groups excluding carboxylic acids is 3. The Hall–Kier alpha value is -1.99. The average molecular weight is 403 g/mol. The molecule has 1 aliphatic heterocycles. The van der Waals surface area contributed by atoms with Crippen molar-refractivity contribution in [3.8, 4) is 5.75 Å². The number of benzene rings is 1. The number of rotatable bonds is 8. The van der Waals surface area contributed by atoms with Crippen LogP contribution in [0.4, 0.5) is 4.79 Å². The van der Waals surface area contributed by atoms with Gasteiger partial charge in [0.2, 0.25) is 0 Å². The van der Waals surface area contributed by atoms with E-state index in [4.69, 9.17) is 32.7 Å². The summed E-state index contributed by atoms with van der Waals surface area (Å²) in [6.45, 7) is 3.13. The maximum absolute atomic E-state index is 12.4. The Kier molecular flexibility index (Phi) is 6.72. The minimum absolute atomic E-state index is 0.0309. The van der Waals surface area contributed by atoms with Gasteiger partial charge >= 0.3 is 12.0 Å². The van der Waals surface area contributed by atoms with E-state index in [1.54, 1.807) is 32.0 Å². The van der Waals surface area contributed by atoms with Crippen LogP contribution in [0.5, 0.6) is 5.75 Å². The van der Waals surface area contributed by atoms with Crippen molar-refractivity contribution in [2.45, 2.75) is 32.2 Å². The van der Waals surface area contributed by atoms with Crippen LogP contribution < -0.4 is 10.1 Å². The molecule has 0 bridgehead atoms. The van der Waals surface area contributed by atoms with Crippen LogP contribution in [0.3, 0.4) is 0 Å².